The maximum atomic E-state index is 12.3. The molecule has 1 heterocycles. The van der Waals surface area contributed by atoms with Crippen molar-refractivity contribution in [1.29, 1.82) is 0 Å². The molecular weight excluding hydrogens is 640 g/mol. The summed E-state index contributed by atoms with van der Waals surface area (Å²) < 4.78 is 33.9. The first-order chi connectivity index (χ1) is 23.8. The van der Waals surface area contributed by atoms with E-state index in [0.717, 1.165) is 36.8 Å². The molecule has 1 spiro atoms. The van der Waals surface area contributed by atoms with Gasteiger partial charge in [-0.1, -0.05) is 60.7 Å². The highest BCUT2D eigenvalue weighted by Gasteiger charge is 2.58. The molecule has 14 nitrogen and oxygen atoms in total. The van der Waals surface area contributed by atoms with E-state index in [-0.39, 0.29) is 70.4 Å². The summed E-state index contributed by atoms with van der Waals surface area (Å²) in [5, 5.41) is 43.0. The number of carbonyl (C=O) groups excluding carboxylic acids is 2. The lowest BCUT2D eigenvalue weighted by Gasteiger charge is -2.26. The number of aliphatic hydroxyl groups excluding tert-OH is 4. The zero-order valence-electron chi connectivity index (χ0n) is 27.4. The van der Waals surface area contributed by atoms with Gasteiger partial charge in [0.2, 0.25) is 0 Å². The zero-order valence-corrected chi connectivity index (χ0v) is 27.4. The summed E-state index contributed by atoms with van der Waals surface area (Å²) >= 11 is 0. The molecule has 270 valence electrons. The van der Waals surface area contributed by atoms with Crippen LogP contribution >= 0.6 is 0 Å². The molecule has 49 heavy (non-hydrogen) atoms. The van der Waals surface area contributed by atoms with Gasteiger partial charge in [-0.3, -0.25) is 0 Å². The first kappa shape index (κ1) is 36.9. The summed E-state index contributed by atoms with van der Waals surface area (Å²) in [7, 11) is 0. The smallest absolute Gasteiger partial charge is 0.407 e. The lowest BCUT2D eigenvalue weighted by Crippen LogP contribution is -2.43. The molecule has 1 aliphatic heterocycles. The Bertz CT molecular complexity index is 1300. The van der Waals surface area contributed by atoms with Gasteiger partial charge in [0.15, 0.2) is 5.79 Å². The molecule has 6 rings (SSSR count). The highest BCUT2D eigenvalue weighted by atomic mass is 16.8. The molecule has 1 saturated heterocycles. The molecule has 2 aromatic rings. The summed E-state index contributed by atoms with van der Waals surface area (Å²) in [6, 6.07) is 17.9. The number of nitrogens with one attached hydrogen (secondary N) is 2. The van der Waals surface area contributed by atoms with Crippen LogP contribution in [0.25, 0.3) is 0 Å². The van der Waals surface area contributed by atoms with Gasteiger partial charge in [-0.05, 0) is 36.8 Å². The number of hydrogen-bond donors (Lipinski definition) is 6. The molecule has 6 N–H and O–H groups in total. The van der Waals surface area contributed by atoms with Gasteiger partial charge < -0.3 is 59.5 Å². The largest absolute Gasteiger partial charge is 0.445 e. The number of benzene rings is 2. The zero-order chi connectivity index (χ0) is 34.6. The van der Waals surface area contributed by atoms with Gasteiger partial charge in [-0.15, -0.1) is 0 Å². The predicted molar refractivity (Wildman–Crippen MR) is 173 cm³/mol. The molecular formula is C35H48N2O12. The van der Waals surface area contributed by atoms with Gasteiger partial charge in [-0.25, -0.2) is 9.59 Å². The van der Waals surface area contributed by atoms with Crippen LogP contribution in [0.1, 0.15) is 49.7 Å². The highest BCUT2D eigenvalue weighted by Crippen LogP contribution is 2.47. The number of rotatable bonds is 12. The second-order valence-corrected chi connectivity index (χ2v) is 12.6. The van der Waals surface area contributed by atoms with Gasteiger partial charge in [-0.2, -0.15) is 0 Å². The van der Waals surface area contributed by atoms with Gasteiger partial charge >= 0.3 is 12.2 Å². The van der Waals surface area contributed by atoms with Crippen LogP contribution in [0.4, 0.5) is 9.59 Å². The van der Waals surface area contributed by atoms with Crippen LogP contribution in [0, 0.1) is 0 Å². The Hall–Kier alpha value is -3.34. The average Bonchev–Trinajstić information content (AvgIpc) is 3.88. The van der Waals surface area contributed by atoms with Crippen molar-refractivity contribution in [3.05, 3.63) is 71.8 Å². The first-order valence-electron chi connectivity index (χ1n) is 16.9. The fraction of sp³-hybridized carbons (Fsp3) is 0.600. The van der Waals surface area contributed by atoms with Crippen molar-refractivity contribution >= 4 is 12.2 Å². The number of amides is 2. The third-order valence-electron chi connectivity index (χ3n) is 9.15. The van der Waals surface area contributed by atoms with E-state index in [2.05, 4.69) is 10.6 Å². The molecule has 2 amide bonds. The normalized spacial score (nSPS) is 29.6. The standard InChI is InChI=1S/C20H27NO6.C15H21NO6/c22-10-11-24-16-12-15(17-18(16)27-20(26-17)8-4-5-9-20)21-19(23)25-13-14-6-2-1-3-7-14;17-6-7-21-12-8-11(13(18)14(12)19)16-15(20)22-9-10-4-2-1-3-5-10/h1-3,6-7,15-18,22H,4-5,8-13H2,(H,21,23);1-5,11-14,17-19H,6-9H2,(H,16,20)/t15-,16+,17+,18-;11-,12+,13+,14-/m11/s1. The molecule has 0 radical (unpaired) electrons. The van der Waals surface area contributed by atoms with E-state index < -0.39 is 42.3 Å². The third kappa shape index (κ3) is 10.1. The van der Waals surface area contributed by atoms with Crippen molar-refractivity contribution in [1.82, 2.24) is 10.6 Å². The Balaban J connectivity index is 0.000000196. The van der Waals surface area contributed by atoms with E-state index >= 15 is 0 Å². The predicted octanol–water partition coefficient (Wildman–Crippen LogP) is 1.90. The number of alkyl carbamates (subject to hydrolysis) is 2. The minimum absolute atomic E-state index is 0.0445. The summed E-state index contributed by atoms with van der Waals surface area (Å²) in [6.07, 6.45) is 0.0543. The molecule has 4 fully saturated rings. The van der Waals surface area contributed by atoms with E-state index in [1.807, 2.05) is 60.7 Å². The quantitative estimate of drug-likeness (QED) is 0.190. The Morgan fingerprint density at radius 3 is 1.73 bits per heavy atom. The van der Waals surface area contributed by atoms with Crippen LogP contribution in [0.2, 0.25) is 0 Å². The van der Waals surface area contributed by atoms with Gasteiger partial charge in [0.05, 0.1) is 50.7 Å². The molecule has 0 unspecified atom stereocenters. The van der Waals surface area contributed by atoms with E-state index in [0.29, 0.717) is 6.42 Å². The van der Waals surface area contributed by atoms with E-state index in [1.54, 1.807) is 0 Å². The molecule has 0 aromatic heterocycles. The lowest BCUT2D eigenvalue weighted by atomic mass is 10.2. The number of fused-ring (bicyclic) bond motifs is 1. The highest BCUT2D eigenvalue weighted by molar-refractivity contribution is 5.68. The fourth-order valence-electron chi connectivity index (χ4n) is 6.77. The molecule has 14 heteroatoms. The second kappa shape index (κ2) is 18.1. The van der Waals surface area contributed by atoms with Crippen LogP contribution in [0.15, 0.2) is 60.7 Å². The van der Waals surface area contributed by atoms with Crippen molar-refractivity contribution in [3.8, 4) is 0 Å². The van der Waals surface area contributed by atoms with Crippen molar-refractivity contribution in [3.63, 3.8) is 0 Å². The average molecular weight is 689 g/mol. The number of carbonyl (C=O) groups is 2. The minimum Gasteiger partial charge on any atom is -0.445 e. The summed E-state index contributed by atoms with van der Waals surface area (Å²) in [4.78, 5) is 24.0. The van der Waals surface area contributed by atoms with Gasteiger partial charge in [0.25, 0.3) is 0 Å². The second-order valence-electron chi connectivity index (χ2n) is 12.6. The first-order valence-corrected chi connectivity index (χ1v) is 16.9. The lowest BCUT2D eigenvalue weighted by molar-refractivity contribution is -0.188. The summed E-state index contributed by atoms with van der Waals surface area (Å²) in [5.74, 6) is -0.537. The maximum Gasteiger partial charge on any atom is 0.407 e. The van der Waals surface area contributed by atoms with Gasteiger partial charge in [0, 0.05) is 12.8 Å². The van der Waals surface area contributed by atoms with Crippen molar-refractivity contribution in [2.45, 2.75) is 106 Å². The van der Waals surface area contributed by atoms with Crippen molar-refractivity contribution in [2.75, 3.05) is 26.4 Å². The van der Waals surface area contributed by atoms with Crippen molar-refractivity contribution in [2.24, 2.45) is 0 Å². The Kier molecular flexibility index (Phi) is 13.6. The summed E-state index contributed by atoms with van der Waals surface area (Å²) in [5.41, 5.74) is 1.79. The van der Waals surface area contributed by atoms with Crippen LogP contribution < -0.4 is 10.6 Å². The van der Waals surface area contributed by atoms with Crippen molar-refractivity contribution < 1.29 is 58.4 Å². The topological polar surface area (TPSA) is 194 Å². The number of hydrogen-bond acceptors (Lipinski definition) is 12. The Morgan fingerprint density at radius 2 is 1.18 bits per heavy atom. The molecule has 2 aromatic carbocycles. The molecule has 3 aliphatic carbocycles. The fourth-order valence-corrected chi connectivity index (χ4v) is 6.77. The van der Waals surface area contributed by atoms with Gasteiger partial charge in [0.1, 0.15) is 37.6 Å². The van der Waals surface area contributed by atoms with E-state index in [9.17, 15) is 19.8 Å². The molecule has 3 saturated carbocycles. The van der Waals surface area contributed by atoms with Crippen LogP contribution in [0.3, 0.4) is 0 Å². The maximum absolute atomic E-state index is 12.3. The van der Waals surface area contributed by atoms with Crippen LogP contribution in [0.5, 0.6) is 0 Å². The SMILES string of the molecule is O=C(N[C@@H]1C[C@H](OCCO)[C@@H](O)[C@H]1O)OCc1ccccc1.O=C(N[C@@H]1C[C@H](OCCO)[C@H]2OC3(CCCC3)O[C@H]21)OCc1ccccc1. The number of ether oxygens (including phenoxy) is 6. The summed E-state index contributed by atoms with van der Waals surface area (Å²) in [6.45, 7) is 0.449. The molecule has 8 atom stereocenters. The molecule has 4 aliphatic rings. The monoisotopic (exact) mass is 688 g/mol. The number of aliphatic hydroxyl groups is 4. The third-order valence-corrected chi connectivity index (χ3v) is 9.15. The Morgan fingerprint density at radius 1 is 0.694 bits per heavy atom. The van der Waals surface area contributed by atoms with Crippen LogP contribution in [-0.4, -0.2) is 114 Å². The van der Waals surface area contributed by atoms with E-state index in [1.165, 1.54) is 0 Å². The minimum atomic E-state index is -1.13. The van der Waals surface area contributed by atoms with Crippen LogP contribution in [-0.2, 0) is 41.6 Å². The molecule has 0 bridgehead atoms. The Labute approximate surface area is 285 Å². The van der Waals surface area contributed by atoms with E-state index in [4.69, 9.17) is 38.6 Å².